The maximum Gasteiger partial charge on any atom is 0.276 e. The van der Waals surface area contributed by atoms with Crippen molar-refractivity contribution in [1.29, 1.82) is 0 Å². The van der Waals surface area contributed by atoms with Crippen LogP contribution in [0.2, 0.25) is 0 Å². The van der Waals surface area contributed by atoms with Crippen molar-refractivity contribution < 1.29 is 19.1 Å². The van der Waals surface area contributed by atoms with E-state index in [0.717, 1.165) is 11.1 Å². The maximum absolute atomic E-state index is 12.6. The van der Waals surface area contributed by atoms with E-state index in [1.54, 1.807) is 30.3 Å². The number of benzene rings is 3. The van der Waals surface area contributed by atoms with Crippen LogP contribution in [0.25, 0.3) is 0 Å². The smallest absolute Gasteiger partial charge is 0.276 e. The van der Waals surface area contributed by atoms with Gasteiger partial charge in [-0.2, -0.15) is 0 Å². The first-order valence-corrected chi connectivity index (χ1v) is 10.8. The van der Waals surface area contributed by atoms with E-state index in [9.17, 15) is 9.59 Å². The number of hydrogen-bond donors (Lipinski definition) is 3. The molecule has 0 aromatic heterocycles. The molecule has 3 aromatic rings. The van der Waals surface area contributed by atoms with E-state index >= 15 is 0 Å². The number of nitrogens with one attached hydrogen (secondary N) is 3. The third kappa shape index (κ3) is 7.62. The molecule has 0 heterocycles. The number of hydrogen-bond acceptors (Lipinski definition) is 5. The quantitative estimate of drug-likeness (QED) is 0.351. The van der Waals surface area contributed by atoms with Gasteiger partial charge >= 0.3 is 0 Å². The van der Waals surface area contributed by atoms with E-state index in [0.29, 0.717) is 30.1 Å². The van der Waals surface area contributed by atoms with Crippen LogP contribution in [0.1, 0.15) is 21.5 Å². The Hall–Kier alpha value is -3.91. The Labute approximate surface area is 198 Å². The lowest BCUT2D eigenvalue weighted by Gasteiger charge is -2.14. The molecule has 0 saturated carbocycles. The van der Waals surface area contributed by atoms with Crippen molar-refractivity contribution in [2.75, 3.05) is 13.2 Å². The van der Waals surface area contributed by atoms with Gasteiger partial charge in [0.25, 0.3) is 11.8 Å². The minimum absolute atomic E-state index is 0.0525. The molecule has 2 amide bonds. The molecule has 170 valence electrons. The van der Waals surface area contributed by atoms with E-state index in [1.807, 2.05) is 55.5 Å². The predicted molar refractivity (Wildman–Crippen MR) is 130 cm³/mol. The minimum Gasteiger partial charge on any atom is -0.492 e. The number of hydrazine groups is 1. The van der Waals surface area contributed by atoms with Crippen molar-refractivity contribution in [1.82, 2.24) is 16.2 Å². The minimum atomic E-state index is -0.451. The molecule has 3 rings (SSSR count). The van der Waals surface area contributed by atoms with Gasteiger partial charge in [-0.15, -0.1) is 0 Å². The molecule has 3 N–H and O–H groups in total. The van der Waals surface area contributed by atoms with Gasteiger partial charge in [0, 0.05) is 6.42 Å². The normalized spacial score (nSPS) is 10.1. The van der Waals surface area contributed by atoms with Gasteiger partial charge in [-0.05, 0) is 48.5 Å². The van der Waals surface area contributed by atoms with Gasteiger partial charge < -0.3 is 9.47 Å². The van der Waals surface area contributed by atoms with Crippen LogP contribution in [0.5, 0.6) is 11.5 Å². The summed E-state index contributed by atoms with van der Waals surface area (Å²) < 4.78 is 11.3. The molecule has 0 fully saturated rings. The van der Waals surface area contributed by atoms with Crippen molar-refractivity contribution in [3.8, 4) is 11.5 Å². The first-order valence-electron chi connectivity index (χ1n) is 10.4. The zero-order chi connectivity index (χ0) is 23.5. The molecule has 8 heteroatoms. The van der Waals surface area contributed by atoms with E-state index in [2.05, 4.69) is 16.2 Å². The summed E-state index contributed by atoms with van der Waals surface area (Å²) in [7, 11) is 0. The van der Waals surface area contributed by atoms with E-state index in [4.69, 9.17) is 21.7 Å². The third-order valence-electron chi connectivity index (χ3n) is 4.62. The molecule has 3 aromatic carbocycles. The summed E-state index contributed by atoms with van der Waals surface area (Å²) in [6, 6.07) is 24.2. The Morgan fingerprint density at radius 3 is 2.24 bits per heavy atom. The number of aryl methyl sites for hydroxylation is 1. The first kappa shape index (κ1) is 23.7. The highest BCUT2D eigenvalue weighted by atomic mass is 32.1. The summed E-state index contributed by atoms with van der Waals surface area (Å²) in [4.78, 5) is 24.6. The van der Waals surface area contributed by atoms with Gasteiger partial charge in [0.05, 0.1) is 12.2 Å². The molecule has 0 bridgehead atoms. The van der Waals surface area contributed by atoms with Crippen LogP contribution < -0.4 is 25.6 Å². The molecule has 0 radical (unpaired) electrons. The van der Waals surface area contributed by atoms with Crippen molar-refractivity contribution in [2.45, 2.75) is 13.3 Å². The summed E-state index contributed by atoms with van der Waals surface area (Å²) in [6.07, 6.45) is 0.716. The summed E-state index contributed by atoms with van der Waals surface area (Å²) in [5.41, 5.74) is 7.30. The van der Waals surface area contributed by atoms with Gasteiger partial charge in [0.2, 0.25) is 0 Å². The number of ether oxygens (including phenoxy) is 2. The first-order chi connectivity index (χ1) is 16.0. The number of amides is 2. The van der Waals surface area contributed by atoms with Crippen molar-refractivity contribution >= 4 is 29.1 Å². The summed E-state index contributed by atoms with van der Waals surface area (Å²) in [5.74, 6) is 0.171. The molecule has 0 atom stereocenters. The average Bonchev–Trinajstić information content (AvgIpc) is 2.83. The lowest BCUT2D eigenvalue weighted by Crippen LogP contribution is -2.49. The molecule has 0 spiro atoms. The Morgan fingerprint density at radius 1 is 0.818 bits per heavy atom. The number of para-hydroxylation sites is 2. The number of rotatable bonds is 8. The van der Waals surface area contributed by atoms with Gasteiger partial charge in [-0.3, -0.25) is 25.8 Å². The molecule has 0 saturated heterocycles. The Kier molecular flexibility index (Phi) is 8.79. The molecule has 0 unspecified atom stereocenters. The summed E-state index contributed by atoms with van der Waals surface area (Å²) >= 11 is 5.10. The topological polar surface area (TPSA) is 88.7 Å². The highest BCUT2D eigenvalue weighted by molar-refractivity contribution is 7.80. The van der Waals surface area contributed by atoms with Gasteiger partial charge in [-0.1, -0.05) is 60.7 Å². The fourth-order valence-electron chi connectivity index (χ4n) is 2.93. The van der Waals surface area contributed by atoms with Crippen LogP contribution >= 0.6 is 12.2 Å². The second-order valence-electron chi connectivity index (χ2n) is 7.09. The molecule has 0 aliphatic rings. The lowest BCUT2D eigenvalue weighted by molar-refractivity contribution is -0.123. The molecule has 7 nitrogen and oxygen atoms in total. The van der Waals surface area contributed by atoms with Crippen LogP contribution in [0.15, 0.2) is 78.9 Å². The third-order valence-corrected chi connectivity index (χ3v) is 4.82. The fourth-order valence-corrected chi connectivity index (χ4v) is 3.07. The number of carbonyl (C=O) groups is 2. The highest BCUT2D eigenvalue weighted by Crippen LogP contribution is 2.18. The van der Waals surface area contributed by atoms with Crippen LogP contribution in [-0.2, 0) is 11.2 Å². The summed E-state index contributed by atoms with van der Waals surface area (Å²) in [6.45, 7) is 2.11. The van der Waals surface area contributed by atoms with Crippen molar-refractivity contribution in [3.05, 3.63) is 95.6 Å². The standard InChI is InChI=1S/C25H25N3O4S/c1-18-9-5-7-13-21(18)32-17-23(29)27-28-25(33)26-24(30)20-12-6-8-14-22(20)31-16-15-19-10-3-2-4-11-19/h2-14H,15-17H2,1H3,(H,27,29)(H2,26,28,30,33). The monoisotopic (exact) mass is 463 g/mol. The van der Waals surface area contributed by atoms with Crippen LogP contribution in [0, 0.1) is 6.92 Å². The molecule has 0 aliphatic carbocycles. The maximum atomic E-state index is 12.6. The molecule has 33 heavy (non-hydrogen) atoms. The van der Waals surface area contributed by atoms with Crippen LogP contribution in [0.3, 0.4) is 0 Å². The van der Waals surface area contributed by atoms with Crippen LogP contribution in [-0.4, -0.2) is 30.1 Å². The Morgan fingerprint density at radius 2 is 1.48 bits per heavy atom. The fraction of sp³-hybridized carbons (Fsp3) is 0.160. The second kappa shape index (κ2) is 12.2. The van der Waals surface area contributed by atoms with Gasteiger partial charge in [-0.25, -0.2) is 0 Å². The lowest BCUT2D eigenvalue weighted by atomic mass is 10.1. The van der Waals surface area contributed by atoms with E-state index in [-0.39, 0.29) is 11.7 Å². The van der Waals surface area contributed by atoms with Gasteiger partial charge in [0.15, 0.2) is 11.7 Å². The van der Waals surface area contributed by atoms with E-state index < -0.39 is 11.8 Å². The predicted octanol–water partition coefficient (Wildman–Crippen LogP) is 3.33. The van der Waals surface area contributed by atoms with Crippen molar-refractivity contribution in [3.63, 3.8) is 0 Å². The molecular weight excluding hydrogens is 438 g/mol. The molecular formula is C25H25N3O4S. The summed E-state index contributed by atoms with van der Waals surface area (Å²) in [5, 5.41) is 2.48. The average molecular weight is 464 g/mol. The highest BCUT2D eigenvalue weighted by Gasteiger charge is 2.14. The van der Waals surface area contributed by atoms with Crippen molar-refractivity contribution in [2.24, 2.45) is 0 Å². The Balaban J connectivity index is 1.45. The SMILES string of the molecule is Cc1ccccc1OCC(=O)NNC(=S)NC(=O)c1ccccc1OCCc1ccccc1. The van der Waals surface area contributed by atoms with E-state index in [1.165, 1.54) is 0 Å². The largest absolute Gasteiger partial charge is 0.492 e. The Bertz CT molecular complexity index is 1110. The zero-order valence-electron chi connectivity index (χ0n) is 18.2. The number of thiocarbonyl (C=S) groups is 1. The molecule has 0 aliphatic heterocycles. The van der Waals surface area contributed by atoms with Crippen LogP contribution in [0.4, 0.5) is 0 Å². The van der Waals surface area contributed by atoms with Gasteiger partial charge in [0.1, 0.15) is 11.5 Å². The second-order valence-corrected chi connectivity index (χ2v) is 7.50. The number of carbonyl (C=O) groups excluding carboxylic acids is 2. The zero-order valence-corrected chi connectivity index (χ0v) is 19.0.